The Labute approximate surface area is 81.8 Å². The van der Waals surface area contributed by atoms with Gasteiger partial charge in [0.15, 0.2) is 0 Å². The lowest BCUT2D eigenvalue weighted by atomic mass is 10.4. The molecule has 1 aromatic heterocycles. The van der Waals surface area contributed by atoms with Crippen molar-refractivity contribution in [2.75, 3.05) is 12.8 Å². The molecular formula is C8H14N2S2. The number of hydrogen-bond acceptors (Lipinski definition) is 4. The van der Waals surface area contributed by atoms with Crippen LogP contribution < -0.4 is 5.32 Å². The molecule has 0 aromatic carbocycles. The standard InChI is InChI=1S/C8H14N2S2/c1-7(11-2)5-9-6-8-10-3-4-12-8/h3-4,7,9H,5-6H2,1-2H3. The molecule has 0 aliphatic carbocycles. The highest BCUT2D eigenvalue weighted by Crippen LogP contribution is 2.05. The van der Waals surface area contributed by atoms with Crippen molar-refractivity contribution >= 4 is 23.1 Å². The smallest absolute Gasteiger partial charge is 0.106 e. The Morgan fingerprint density at radius 2 is 2.58 bits per heavy atom. The third-order valence-corrected chi connectivity index (χ3v) is 3.34. The van der Waals surface area contributed by atoms with Crippen molar-refractivity contribution in [3.63, 3.8) is 0 Å². The lowest BCUT2D eigenvalue weighted by Gasteiger charge is -2.07. The molecule has 0 fully saturated rings. The van der Waals surface area contributed by atoms with Crippen LogP contribution in [0.1, 0.15) is 11.9 Å². The summed E-state index contributed by atoms with van der Waals surface area (Å²) in [6.45, 7) is 4.18. The number of nitrogens with zero attached hydrogens (tertiary/aromatic N) is 1. The third-order valence-electron chi connectivity index (χ3n) is 1.59. The zero-order valence-electron chi connectivity index (χ0n) is 7.41. The highest BCUT2D eigenvalue weighted by molar-refractivity contribution is 7.99. The predicted octanol–water partition coefficient (Wildman–Crippen LogP) is 1.98. The van der Waals surface area contributed by atoms with Crippen molar-refractivity contribution < 1.29 is 0 Å². The van der Waals surface area contributed by atoms with E-state index in [0.717, 1.165) is 13.1 Å². The van der Waals surface area contributed by atoms with E-state index in [2.05, 4.69) is 23.5 Å². The second kappa shape index (κ2) is 5.56. The van der Waals surface area contributed by atoms with Gasteiger partial charge in [0.05, 0.1) is 0 Å². The van der Waals surface area contributed by atoms with Gasteiger partial charge in [-0.3, -0.25) is 0 Å². The summed E-state index contributed by atoms with van der Waals surface area (Å²) in [4.78, 5) is 4.19. The zero-order valence-corrected chi connectivity index (χ0v) is 9.04. The van der Waals surface area contributed by atoms with Crippen LogP contribution in [0.4, 0.5) is 0 Å². The molecule has 1 heterocycles. The van der Waals surface area contributed by atoms with Crippen molar-refractivity contribution in [3.05, 3.63) is 16.6 Å². The Kier molecular flexibility index (Phi) is 4.65. The normalized spacial score (nSPS) is 13.2. The SMILES string of the molecule is CSC(C)CNCc1nccs1. The minimum Gasteiger partial charge on any atom is -0.309 e. The Morgan fingerprint density at radius 1 is 1.75 bits per heavy atom. The molecule has 1 rings (SSSR count). The second-order valence-electron chi connectivity index (χ2n) is 2.60. The predicted molar refractivity (Wildman–Crippen MR) is 56.8 cm³/mol. The van der Waals surface area contributed by atoms with E-state index in [0.29, 0.717) is 5.25 Å². The summed E-state index contributed by atoms with van der Waals surface area (Å²) in [5.41, 5.74) is 0. The minimum absolute atomic E-state index is 0.685. The van der Waals surface area contributed by atoms with Crippen LogP contribution in [0.25, 0.3) is 0 Å². The van der Waals surface area contributed by atoms with Crippen molar-refractivity contribution in [2.24, 2.45) is 0 Å². The topological polar surface area (TPSA) is 24.9 Å². The van der Waals surface area contributed by atoms with Crippen molar-refractivity contribution in [3.8, 4) is 0 Å². The number of aromatic nitrogens is 1. The first-order chi connectivity index (χ1) is 5.83. The number of thiazole rings is 1. The molecule has 0 amide bonds. The fraction of sp³-hybridized carbons (Fsp3) is 0.625. The molecule has 4 heteroatoms. The van der Waals surface area contributed by atoms with E-state index < -0.39 is 0 Å². The van der Waals surface area contributed by atoms with E-state index >= 15 is 0 Å². The molecule has 0 aliphatic rings. The molecule has 2 nitrogen and oxygen atoms in total. The Morgan fingerprint density at radius 3 is 3.17 bits per heavy atom. The van der Waals surface area contributed by atoms with E-state index in [1.807, 2.05) is 23.3 Å². The molecule has 1 unspecified atom stereocenters. The van der Waals surface area contributed by atoms with Crippen LogP contribution >= 0.6 is 23.1 Å². The summed E-state index contributed by atoms with van der Waals surface area (Å²) in [7, 11) is 0. The van der Waals surface area contributed by atoms with E-state index in [-0.39, 0.29) is 0 Å². The summed E-state index contributed by atoms with van der Waals surface area (Å²) < 4.78 is 0. The van der Waals surface area contributed by atoms with Gasteiger partial charge in [-0.1, -0.05) is 6.92 Å². The molecule has 12 heavy (non-hydrogen) atoms. The van der Waals surface area contributed by atoms with Gasteiger partial charge in [-0.05, 0) is 6.26 Å². The van der Waals surface area contributed by atoms with Gasteiger partial charge in [-0.25, -0.2) is 4.98 Å². The third kappa shape index (κ3) is 3.56. The van der Waals surface area contributed by atoms with Gasteiger partial charge in [0, 0.05) is 29.9 Å². The molecule has 1 aromatic rings. The van der Waals surface area contributed by atoms with Crippen molar-refractivity contribution in [1.82, 2.24) is 10.3 Å². The monoisotopic (exact) mass is 202 g/mol. The fourth-order valence-electron chi connectivity index (χ4n) is 0.806. The Hall–Kier alpha value is -0.0600. The molecule has 0 spiro atoms. The summed E-state index contributed by atoms with van der Waals surface area (Å²) in [6.07, 6.45) is 3.98. The van der Waals surface area contributed by atoms with E-state index in [1.165, 1.54) is 5.01 Å². The maximum Gasteiger partial charge on any atom is 0.106 e. The maximum atomic E-state index is 4.19. The number of thioether (sulfide) groups is 1. The first-order valence-corrected chi connectivity index (χ1v) is 6.11. The first-order valence-electron chi connectivity index (χ1n) is 3.95. The fourth-order valence-corrected chi connectivity index (χ4v) is 1.68. The Balaban J connectivity index is 2.11. The molecule has 0 saturated heterocycles. The number of hydrogen-bond donors (Lipinski definition) is 1. The van der Waals surface area contributed by atoms with Gasteiger partial charge in [0.25, 0.3) is 0 Å². The molecule has 0 saturated carbocycles. The van der Waals surface area contributed by atoms with Gasteiger partial charge >= 0.3 is 0 Å². The van der Waals surface area contributed by atoms with E-state index in [9.17, 15) is 0 Å². The minimum atomic E-state index is 0.685. The molecule has 1 N–H and O–H groups in total. The lowest BCUT2D eigenvalue weighted by molar-refractivity contribution is 0.682. The van der Waals surface area contributed by atoms with Crippen molar-refractivity contribution in [2.45, 2.75) is 18.7 Å². The molecule has 0 radical (unpaired) electrons. The van der Waals surface area contributed by atoms with E-state index in [4.69, 9.17) is 0 Å². The first kappa shape index (κ1) is 10.0. The molecule has 68 valence electrons. The molecule has 0 bridgehead atoms. The lowest BCUT2D eigenvalue weighted by Crippen LogP contribution is -2.21. The van der Waals surface area contributed by atoms with Crippen LogP contribution in [0.2, 0.25) is 0 Å². The van der Waals surface area contributed by atoms with Gasteiger partial charge < -0.3 is 5.32 Å². The van der Waals surface area contributed by atoms with Gasteiger partial charge in [-0.2, -0.15) is 11.8 Å². The molecular weight excluding hydrogens is 188 g/mol. The number of rotatable bonds is 5. The zero-order chi connectivity index (χ0) is 8.81. The maximum absolute atomic E-state index is 4.19. The van der Waals surface area contributed by atoms with Crippen LogP contribution in [-0.4, -0.2) is 23.0 Å². The average Bonchev–Trinajstić information content (AvgIpc) is 2.57. The summed E-state index contributed by atoms with van der Waals surface area (Å²) in [5.74, 6) is 0. The van der Waals surface area contributed by atoms with Crippen LogP contribution in [0.3, 0.4) is 0 Å². The van der Waals surface area contributed by atoms with Crippen molar-refractivity contribution in [1.29, 1.82) is 0 Å². The summed E-state index contributed by atoms with van der Waals surface area (Å²) >= 11 is 3.58. The second-order valence-corrected chi connectivity index (χ2v) is 4.86. The largest absolute Gasteiger partial charge is 0.309 e. The van der Waals surface area contributed by atoms with Crippen LogP contribution in [-0.2, 0) is 6.54 Å². The van der Waals surface area contributed by atoms with Gasteiger partial charge in [0.1, 0.15) is 5.01 Å². The highest BCUT2D eigenvalue weighted by Gasteiger charge is 1.98. The molecule has 1 atom stereocenters. The number of nitrogens with one attached hydrogen (secondary N) is 1. The Bertz CT molecular complexity index is 199. The van der Waals surface area contributed by atoms with Crippen LogP contribution in [0.15, 0.2) is 11.6 Å². The highest BCUT2D eigenvalue weighted by atomic mass is 32.2. The quantitative estimate of drug-likeness (QED) is 0.790. The van der Waals surface area contributed by atoms with Gasteiger partial charge in [0.2, 0.25) is 0 Å². The van der Waals surface area contributed by atoms with Gasteiger partial charge in [-0.15, -0.1) is 11.3 Å². The summed E-state index contributed by atoms with van der Waals surface area (Å²) in [5, 5.41) is 7.23. The van der Waals surface area contributed by atoms with E-state index in [1.54, 1.807) is 11.3 Å². The van der Waals surface area contributed by atoms with Crippen LogP contribution in [0.5, 0.6) is 0 Å². The van der Waals surface area contributed by atoms with Crippen LogP contribution in [0, 0.1) is 0 Å². The average molecular weight is 202 g/mol. The molecule has 0 aliphatic heterocycles. The summed E-state index contributed by atoms with van der Waals surface area (Å²) in [6, 6.07) is 0.